The van der Waals surface area contributed by atoms with Gasteiger partial charge in [0.15, 0.2) is 5.16 Å². The highest BCUT2D eigenvalue weighted by atomic mass is 32.2. The van der Waals surface area contributed by atoms with Gasteiger partial charge in [-0.25, -0.2) is 18.5 Å². The third-order valence-corrected chi connectivity index (χ3v) is 5.48. The lowest BCUT2D eigenvalue weighted by molar-refractivity contribution is -0.115. The van der Waals surface area contributed by atoms with Gasteiger partial charge >= 0.3 is 0 Å². The number of anilines is 1. The topological polar surface area (TPSA) is 131 Å². The average Bonchev–Trinajstić information content (AvgIpc) is 3.13. The Morgan fingerprint density at radius 3 is 2.38 bits per heavy atom. The zero-order valence-electron chi connectivity index (χ0n) is 13.4. The van der Waals surface area contributed by atoms with Crippen molar-refractivity contribution in [3.63, 3.8) is 0 Å². The van der Waals surface area contributed by atoms with E-state index in [1.807, 2.05) is 30.3 Å². The van der Waals surface area contributed by atoms with Crippen molar-refractivity contribution in [2.24, 2.45) is 5.14 Å². The molecule has 2 aromatic carbocycles. The molecule has 134 valence electrons. The van der Waals surface area contributed by atoms with Gasteiger partial charge in [-0.1, -0.05) is 42.1 Å². The molecule has 0 spiro atoms. The standard InChI is InChI=1S/C16H15N5O3S2/c17-26(23,24)13-8-6-12(7-9-13)20-15(22)14(11-4-2-1-3-5-11)25-16-18-10-19-21-16/h1-10,14H,(H,20,22)(H2,17,23,24)(H,18,19,21)/t14-/m1/s1. The molecule has 0 radical (unpaired) electrons. The van der Waals surface area contributed by atoms with Crippen LogP contribution in [-0.4, -0.2) is 29.5 Å². The van der Waals surface area contributed by atoms with Gasteiger partial charge in [0.2, 0.25) is 15.9 Å². The highest BCUT2D eigenvalue weighted by Gasteiger charge is 2.23. The van der Waals surface area contributed by atoms with Crippen LogP contribution < -0.4 is 10.5 Å². The number of rotatable bonds is 6. The summed E-state index contributed by atoms with van der Waals surface area (Å²) in [5.41, 5.74) is 1.26. The van der Waals surface area contributed by atoms with E-state index in [4.69, 9.17) is 5.14 Å². The van der Waals surface area contributed by atoms with Crippen LogP contribution in [0.4, 0.5) is 5.69 Å². The van der Waals surface area contributed by atoms with E-state index < -0.39 is 15.3 Å². The van der Waals surface area contributed by atoms with E-state index in [1.165, 1.54) is 42.4 Å². The molecule has 1 heterocycles. The fourth-order valence-electron chi connectivity index (χ4n) is 2.20. The molecule has 3 rings (SSSR count). The third kappa shape index (κ3) is 4.48. The monoisotopic (exact) mass is 389 g/mol. The second kappa shape index (κ2) is 7.68. The first kappa shape index (κ1) is 18.1. The van der Waals surface area contributed by atoms with E-state index in [-0.39, 0.29) is 10.8 Å². The summed E-state index contributed by atoms with van der Waals surface area (Å²) in [7, 11) is -3.78. The molecular formula is C16H15N5O3S2. The summed E-state index contributed by atoms with van der Waals surface area (Å²) in [4.78, 5) is 16.8. The normalized spacial score (nSPS) is 12.5. The molecule has 0 aliphatic carbocycles. The Kier molecular flexibility index (Phi) is 5.35. The van der Waals surface area contributed by atoms with Crippen LogP contribution in [0.1, 0.15) is 10.8 Å². The Morgan fingerprint density at radius 1 is 1.12 bits per heavy atom. The first-order valence-corrected chi connectivity index (χ1v) is 9.87. The van der Waals surface area contributed by atoms with Gasteiger partial charge in [-0.2, -0.15) is 5.10 Å². The molecule has 0 fully saturated rings. The Morgan fingerprint density at radius 2 is 1.81 bits per heavy atom. The van der Waals surface area contributed by atoms with Crippen molar-refractivity contribution in [3.05, 3.63) is 66.5 Å². The smallest absolute Gasteiger partial charge is 0.242 e. The molecule has 1 aromatic heterocycles. The number of thioether (sulfide) groups is 1. The highest BCUT2D eigenvalue weighted by Crippen LogP contribution is 2.34. The number of carbonyl (C=O) groups is 1. The average molecular weight is 389 g/mol. The molecule has 0 saturated carbocycles. The second-order valence-corrected chi connectivity index (χ2v) is 7.91. The van der Waals surface area contributed by atoms with Crippen molar-refractivity contribution < 1.29 is 13.2 Å². The number of sulfonamides is 1. The molecule has 8 nitrogen and oxygen atoms in total. The van der Waals surface area contributed by atoms with E-state index in [0.717, 1.165) is 5.56 Å². The summed E-state index contributed by atoms with van der Waals surface area (Å²) in [5, 5.41) is 14.3. The minimum atomic E-state index is -3.78. The van der Waals surface area contributed by atoms with Crippen LogP contribution in [0.25, 0.3) is 0 Å². The van der Waals surface area contributed by atoms with Gasteiger partial charge in [-0.05, 0) is 29.8 Å². The lowest BCUT2D eigenvalue weighted by atomic mass is 10.1. The number of nitrogens with one attached hydrogen (secondary N) is 2. The van der Waals surface area contributed by atoms with Crippen LogP contribution in [0.3, 0.4) is 0 Å². The quantitative estimate of drug-likeness (QED) is 0.552. The van der Waals surface area contributed by atoms with Gasteiger partial charge < -0.3 is 5.32 Å². The first-order valence-electron chi connectivity index (χ1n) is 7.44. The van der Waals surface area contributed by atoms with Gasteiger partial charge in [-0.15, -0.1) is 0 Å². The fraction of sp³-hybridized carbons (Fsp3) is 0.0625. The Labute approximate surface area is 154 Å². The Bertz CT molecular complexity index is 974. The highest BCUT2D eigenvalue weighted by molar-refractivity contribution is 8.00. The van der Waals surface area contributed by atoms with Crippen molar-refractivity contribution in [1.29, 1.82) is 0 Å². The van der Waals surface area contributed by atoms with Crippen molar-refractivity contribution in [2.45, 2.75) is 15.3 Å². The predicted molar refractivity (Wildman–Crippen MR) is 97.9 cm³/mol. The first-order chi connectivity index (χ1) is 12.4. The van der Waals surface area contributed by atoms with E-state index >= 15 is 0 Å². The maximum atomic E-state index is 12.8. The lowest BCUT2D eigenvalue weighted by Crippen LogP contribution is -2.19. The SMILES string of the molecule is NS(=O)(=O)c1ccc(NC(=O)[C@H](Sc2ncn[nH]2)c2ccccc2)cc1. The number of H-pyrrole nitrogens is 1. The van der Waals surface area contributed by atoms with Gasteiger partial charge in [-0.3, -0.25) is 9.89 Å². The van der Waals surface area contributed by atoms with Crippen LogP contribution in [-0.2, 0) is 14.8 Å². The molecule has 0 aliphatic rings. The molecule has 4 N–H and O–H groups in total. The fourth-order valence-corrected chi connectivity index (χ4v) is 3.61. The molecular weight excluding hydrogens is 374 g/mol. The zero-order valence-corrected chi connectivity index (χ0v) is 15.0. The molecule has 0 unspecified atom stereocenters. The van der Waals surface area contributed by atoms with Crippen LogP contribution in [0.15, 0.2) is 71.0 Å². The number of aromatic nitrogens is 3. The molecule has 0 bridgehead atoms. The van der Waals surface area contributed by atoms with E-state index in [9.17, 15) is 13.2 Å². The van der Waals surface area contributed by atoms with Crippen molar-refractivity contribution >= 4 is 33.4 Å². The van der Waals surface area contributed by atoms with Gasteiger partial charge in [0.25, 0.3) is 0 Å². The Balaban J connectivity index is 1.81. The Hall–Kier alpha value is -2.69. The third-order valence-electron chi connectivity index (χ3n) is 3.41. The second-order valence-electron chi connectivity index (χ2n) is 5.26. The number of hydrogen-bond donors (Lipinski definition) is 3. The summed E-state index contributed by atoms with van der Waals surface area (Å²) in [6.45, 7) is 0. The van der Waals surface area contributed by atoms with Crippen LogP contribution in [0.5, 0.6) is 0 Å². The van der Waals surface area contributed by atoms with Crippen LogP contribution in [0.2, 0.25) is 0 Å². The largest absolute Gasteiger partial charge is 0.325 e. The number of primary sulfonamides is 1. The van der Waals surface area contributed by atoms with Gasteiger partial charge in [0, 0.05) is 5.69 Å². The molecule has 1 atom stereocenters. The molecule has 1 amide bonds. The van der Waals surface area contributed by atoms with E-state index in [2.05, 4.69) is 20.5 Å². The van der Waals surface area contributed by atoms with Crippen LogP contribution >= 0.6 is 11.8 Å². The summed E-state index contributed by atoms with van der Waals surface area (Å²) in [5.74, 6) is -0.277. The minimum Gasteiger partial charge on any atom is -0.325 e. The van der Waals surface area contributed by atoms with Crippen molar-refractivity contribution in [3.8, 4) is 0 Å². The number of nitrogens with two attached hydrogens (primary N) is 1. The maximum absolute atomic E-state index is 12.8. The molecule has 10 heteroatoms. The number of amides is 1. The van der Waals surface area contributed by atoms with Crippen molar-refractivity contribution in [2.75, 3.05) is 5.32 Å². The predicted octanol–water partition coefficient (Wildman–Crippen LogP) is 1.92. The maximum Gasteiger partial charge on any atom is 0.242 e. The van der Waals surface area contributed by atoms with Gasteiger partial charge in [0.1, 0.15) is 11.6 Å². The summed E-state index contributed by atoms with van der Waals surface area (Å²) in [6.07, 6.45) is 1.37. The van der Waals surface area contributed by atoms with E-state index in [0.29, 0.717) is 10.8 Å². The number of hydrogen-bond acceptors (Lipinski definition) is 6. The van der Waals surface area contributed by atoms with Crippen LogP contribution in [0, 0.1) is 0 Å². The zero-order chi connectivity index (χ0) is 18.6. The lowest BCUT2D eigenvalue weighted by Gasteiger charge is -2.15. The minimum absolute atomic E-state index is 0.0221. The molecule has 0 saturated heterocycles. The number of aromatic amines is 1. The molecule has 26 heavy (non-hydrogen) atoms. The number of nitrogens with zero attached hydrogens (tertiary/aromatic N) is 2. The van der Waals surface area contributed by atoms with Gasteiger partial charge in [0.05, 0.1) is 4.90 Å². The molecule has 0 aliphatic heterocycles. The number of benzene rings is 2. The van der Waals surface area contributed by atoms with Crippen molar-refractivity contribution in [1.82, 2.24) is 15.2 Å². The summed E-state index contributed by atoms with van der Waals surface area (Å²) >= 11 is 1.23. The summed E-state index contributed by atoms with van der Waals surface area (Å²) < 4.78 is 22.6. The summed E-state index contributed by atoms with van der Waals surface area (Å²) in [6, 6.07) is 14.9. The number of carbonyl (C=O) groups excluding carboxylic acids is 1. The van der Waals surface area contributed by atoms with E-state index in [1.54, 1.807) is 0 Å². The molecule has 3 aromatic rings.